The summed E-state index contributed by atoms with van der Waals surface area (Å²) in [6, 6.07) is 0. The van der Waals surface area contributed by atoms with Gasteiger partial charge in [0.05, 0.1) is 11.3 Å². The second-order valence-electron chi connectivity index (χ2n) is 4.41. The predicted octanol–water partition coefficient (Wildman–Crippen LogP) is 1.39. The molecule has 0 aromatic heterocycles. The van der Waals surface area contributed by atoms with E-state index in [1.54, 1.807) is 6.29 Å². The van der Waals surface area contributed by atoms with Crippen LogP contribution in [0.2, 0.25) is 0 Å². The van der Waals surface area contributed by atoms with Gasteiger partial charge in [0.2, 0.25) is 6.29 Å². The summed E-state index contributed by atoms with van der Waals surface area (Å²) in [5, 5.41) is 18.4. The molecule has 1 rings (SSSR count). The van der Waals surface area contributed by atoms with Crippen LogP contribution >= 0.6 is 0 Å². The first-order chi connectivity index (χ1) is 7.94. The molecular weight excluding hydrogens is 224 g/mol. The number of rotatable bonds is 4. The van der Waals surface area contributed by atoms with Gasteiger partial charge in [-0.05, 0) is 25.3 Å². The van der Waals surface area contributed by atoms with Crippen LogP contribution in [0.5, 0.6) is 0 Å². The maximum Gasteiger partial charge on any atom is 0.314 e. The zero-order chi connectivity index (χ0) is 13.1. The van der Waals surface area contributed by atoms with Crippen molar-refractivity contribution in [1.29, 1.82) is 0 Å². The molecule has 1 aliphatic carbocycles. The summed E-state index contributed by atoms with van der Waals surface area (Å²) < 4.78 is 0. The Morgan fingerprint density at radius 2 is 2.00 bits per heavy atom. The van der Waals surface area contributed by atoms with Gasteiger partial charge in [-0.15, -0.1) is 0 Å². The molecule has 1 radical (unpaired) electrons. The Kier molecular flexibility index (Phi) is 4.04. The van der Waals surface area contributed by atoms with Crippen LogP contribution in [0.3, 0.4) is 0 Å². The highest BCUT2D eigenvalue weighted by Gasteiger charge is 2.49. The maximum atomic E-state index is 11.4. The third-order valence-corrected chi connectivity index (χ3v) is 3.29. The van der Waals surface area contributed by atoms with Crippen LogP contribution in [0.25, 0.3) is 0 Å². The van der Waals surface area contributed by atoms with E-state index < -0.39 is 23.3 Å². The molecule has 2 N–H and O–H groups in total. The largest absolute Gasteiger partial charge is 0.481 e. The fraction of sp³-hybridized carbons (Fsp3) is 0.583. The molecule has 0 aromatic carbocycles. The summed E-state index contributed by atoms with van der Waals surface area (Å²) in [5.74, 6) is -3.28. The molecule has 1 aliphatic rings. The van der Waals surface area contributed by atoms with Gasteiger partial charge in [0, 0.05) is 0 Å². The van der Waals surface area contributed by atoms with Crippen molar-refractivity contribution in [1.82, 2.24) is 0 Å². The summed E-state index contributed by atoms with van der Waals surface area (Å²) in [6.45, 7) is 1.44. The minimum Gasteiger partial charge on any atom is -0.481 e. The van der Waals surface area contributed by atoms with Gasteiger partial charge in [0.1, 0.15) is 0 Å². The quantitative estimate of drug-likeness (QED) is 0.723. The van der Waals surface area contributed by atoms with E-state index in [1.165, 1.54) is 13.0 Å². The lowest BCUT2D eigenvalue weighted by molar-refractivity contribution is -0.161. The van der Waals surface area contributed by atoms with Crippen molar-refractivity contribution in [2.45, 2.75) is 32.6 Å². The fourth-order valence-corrected chi connectivity index (χ4v) is 2.45. The van der Waals surface area contributed by atoms with Crippen molar-refractivity contribution in [3.05, 3.63) is 11.6 Å². The van der Waals surface area contributed by atoms with E-state index in [0.717, 1.165) is 0 Å². The second-order valence-corrected chi connectivity index (χ2v) is 4.41. The highest BCUT2D eigenvalue weighted by molar-refractivity contribution is 5.87. The Hall–Kier alpha value is -1.65. The van der Waals surface area contributed by atoms with Crippen molar-refractivity contribution in [2.75, 3.05) is 0 Å². The molecule has 0 spiro atoms. The minimum absolute atomic E-state index is 0.139. The molecule has 0 aromatic rings. The Balaban J connectivity index is 3.23. The van der Waals surface area contributed by atoms with Gasteiger partial charge in [-0.1, -0.05) is 18.9 Å². The average molecular weight is 239 g/mol. The van der Waals surface area contributed by atoms with Crippen molar-refractivity contribution < 1.29 is 24.6 Å². The molecule has 2 atom stereocenters. The molecule has 0 aliphatic heterocycles. The molecule has 0 heterocycles. The van der Waals surface area contributed by atoms with Crippen LogP contribution in [0.4, 0.5) is 0 Å². The Labute approximate surface area is 99.1 Å². The molecule has 1 saturated carbocycles. The zero-order valence-corrected chi connectivity index (χ0v) is 9.60. The fourth-order valence-electron chi connectivity index (χ4n) is 2.45. The molecule has 93 valence electrons. The van der Waals surface area contributed by atoms with Gasteiger partial charge in [-0.25, -0.2) is 0 Å². The second kappa shape index (κ2) is 5.12. The smallest absolute Gasteiger partial charge is 0.314 e. The highest BCUT2D eigenvalue weighted by Crippen LogP contribution is 2.43. The van der Waals surface area contributed by atoms with E-state index in [-0.39, 0.29) is 12.0 Å². The normalized spacial score (nSPS) is 29.7. The third-order valence-electron chi connectivity index (χ3n) is 3.29. The monoisotopic (exact) mass is 239 g/mol. The first kappa shape index (κ1) is 13.4. The van der Waals surface area contributed by atoms with Crippen molar-refractivity contribution in [3.63, 3.8) is 0 Å². The summed E-state index contributed by atoms with van der Waals surface area (Å²) in [4.78, 5) is 33.0. The number of carbonyl (C=O) groups excluding carboxylic acids is 1. The van der Waals surface area contributed by atoms with E-state index in [1.807, 2.05) is 0 Å². The highest BCUT2D eigenvalue weighted by atomic mass is 16.4. The van der Waals surface area contributed by atoms with Gasteiger partial charge in [-0.2, -0.15) is 0 Å². The lowest BCUT2D eigenvalue weighted by Gasteiger charge is -2.36. The number of hydrogen-bond acceptors (Lipinski definition) is 3. The number of carbonyl (C=O) groups is 2. The van der Waals surface area contributed by atoms with Crippen molar-refractivity contribution >= 4 is 18.2 Å². The van der Waals surface area contributed by atoms with Gasteiger partial charge in [-0.3, -0.25) is 14.4 Å². The number of carboxylic acid groups (broad SMARTS) is 2. The molecule has 2 unspecified atom stereocenters. The average Bonchev–Trinajstić information content (AvgIpc) is 2.28. The number of hydrogen-bond donors (Lipinski definition) is 2. The maximum absolute atomic E-state index is 11.4. The lowest BCUT2D eigenvalue weighted by Crippen LogP contribution is -2.43. The first-order valence-electron chi connectivity index (χ1n) is 5.48. The summed E-state index contributed by atoms with van der Waals surface area (Å²) in [5.41, 5.74) is -1.33. The van der Waals surface area contributed by atoms with E-state index in [9.17, 15) is 19.5 Å². The molecule has 0 bridgehead atoms. The molecular formula is C12H15O5. The van der Waals surface area contributed by atoms with Crippen molar-refractivity contribution in [3.8, 4) is 0 Å². The van der Waals surface area contributed by atoms with Gasteiger partial charge in [0.15, 0.2) is 0 Å². The van der Waals surface area contributed by atoms with Crippen LogP contribution < -0.4 is 0 Å². The van der Waals surface area contributed by atoms with Crippen LogP contribution in [0.15, 0.2) is 11.6 Å². The summed E-state index contributed by atoms with van der Waals surface area (Å²) in [6.07, 6.45) is 4.78. The lowest BCUT2D eigenvalue weighted by atomic mass is 9.65. The standard InChI is InChI=1S/C12H15O5/c1-8(7-13)6-12(11(16)17)5-3-2-4-9(12)10(14)15/h6,9H,2-5H2,1H3,(H,14,15)(H,16,17). The Bertz CT molecular complexity index is 371. The van der Waals surface area contributed by atoms with Crippen LogP contribution in [0, 0.1) is 11.3 Å². The topological polar surface area (TPSA) is 91.7 Å². The molecule has 17 heavy (non-hydrogen) atoms. The molecule has 0 saturated heterocycles. The van der Waals surface area contributed by atoms with E-state index in [2.05, 4.69) is 0 Å². The van der Waals surface area contributed by atoms with Crippen LogP contribution in [-0.4, -0.2) is 28.4 Å². The first-order valence-corrected chi connectivity index (χ1v) is 5.48. The van der Waals surface area contributed by atoms with E-state index in [4.69, 9.17) is 5.11 Å². The van der Waals surface area contributed by atoms with Crippen LogP contribution in [-0.2, 0) is 14.4 Å². The molecule has 5 nitrogen and oxygen atoms in total. The number of aliphatic carboxylic acids is 2. The third kappa shape index (κ3) is 2.54. The summed E-state index contributed by atoms with van der Waals surface area (Å²) >= 11 is 0. The van der Waals surface area contributed by atoms with Gasteiger partial charge in [0.25, 0.3) is 0 Å². The predicted molar refractivity (Wildman–Crippen MR) is 59.1 cm³/mol. The van der Waals surface area contributed by atoms with Gasteiger partial charge >= 0.3 is 11.9 Å². The SMILES string of the molecule is CC([C]=O)=CC1(C(=O)O)CCCCC1C(=O)O. The Morgan fingerprint density at radius 3 is 2.47 bits per heavy atom. The zero-order valence-electron chi connectivity index (χ0n) is 9.60. The molecule has 0 amide bonds. The van der Waals surface area contributed by atoms with Gasteiger partial charge < -0.3 is 10.2 Å². The Morgan fingerprint density at radius 1 is 1.35 bits per heavy atom. The minimum atomic E-state index is -1.47. The van der Waals surface area contributed by atoms with E-state index >= 15 is 0 Å². The van der Waals surface area contributed by atoms with Crippen LogP contribution in [0.1, 0.15) is 32.6 Å². The van der Waals surface area contributed by atoms with E-state index in [0.29, 0.717) is 19.3 Å². The summed E-state index contributed by atoms with van der Waals surface area (Å²) in [7, 11) is 0. The number of allylic oxidation sites excluding steroid dienone is 1. The van der Waals surface area contributed by atoms with Crippen molar-refractivity contribution in [2.24, 2.45) is 11.3 Å². The molecule has 1 fully saturated rings. The number of carboxylic acids is 2. The molecule has 5 heteroatoms.